The number of fused-ring (bicyclic) bond motifs is 1. The lowest BCUT2D eigenvalue weighted by molar-refractivity contribution is 0.240. The van der Waals surface area contributed by atoms with E-state index in [4.69, 9.17) is 0 Å². The van der Waals surface area contributed by atoms with Crippen molar-refractivity contribution in [2.45, 2.75) is 25.9 Å². The van der Waals surface area contributed by atoms with Crippen LogP contribution in [-0.2, 0) is 13.0 Å². The van der Waals surface area contributed by atoms with Gasteiger partial charge in [0.05, 0.1) is 6.61 Å². The van der Waals surface area contributed by atoms with Crippen molar-refractivity contribution in [2.75, 3.05) is 6.61 Å². The molecular formula is C20H22N2O2. The first kappa shape index (κ1) is 16.4. The van der Waals surface area contributed by atoms with Crippen LogP contribution in [0.5, 0.6) is 0 Å². The minimum absolute atomic E-state index is 0.0274. The first-order chi connectivity index (χ1) is 11.7. The molecule has 4 heteroatoms. The van der Waals surface area contributed by atoms with Crippen LogP contribution in [0.25, 0.3) is 10.9 Å². The number of aromatic amines is 1. The summed E-state index contributed by atoms with van der Waals surface area (Å²) in [5, 5.41) is 13.9. The number of rotatable bonds is 6. The fraction of sp³-hybridized carbons (Fsp3) is 0.250. The van der Waals surface area contributed by atoms with Gasteiger partial charge in [-0.15, -0.1) is 0 Å². The van der Waals surface area contributed by atoms with Crippen LogP contribution in [0, 0.1) is 6.92 Å². The van der Waals surface area contributed by atoms with Crippen molar-refractivity contribution < 1.29 is 5.11 Å². The molecule has 0 unspecified atom stereocenters. The summed E-state index contributed by atoms with van der Waals surface area (Å²) >= 11 is 0. The Labute approximate surface area is 141 Å². The van der Waals surface area contributed by atoms with E-state index < -0.39 is 0 Å². The molecule has 0 aliphatic heterocycles. The second kappa shape index (κ2) is 7.43. The van der Waals surface area contributed by atoms with Crippen molar-refractivity contribution in [3.63, 3.8) is 0 Å². The smallest absolute Gasteiger partial charge is 0.252 e. The second-order valence-corrected chi connectivity index (χ2v) is 6.16. The van der Waals surface area contributed by atoms with E-state index in [2.05, 4.69) is 10.3 Å². The maximum Gasteiger partial charge on any atom is 0.252 e. The maximum absolute atomic E-state index is 12.2. The fourth-order valence-electron chi connectivity index (χ4n) is 2.85. The highest BCUT2D eigenvalue weighted by atomic mass is 16.3. The van der Waals surface area contributed by atoms with Crippen molar-refractivity contribution >= 4 is 10.9 Å². The lowest BCUT2D eigenvalue weighted by Gasteiger charge is -2.16. The minimum Gasteiger partial charge on any atom is -0.395 e. The molecule has 124 valence electrons. The van der Waals surface area contributed by atoms with Gasteiger partial charge in [-0.3, -0.25) is 4.79 Å². The van der Waals surface area contributed by atoms with Crippen LogP contribution >= 0.6 is 0 Å². The van der Waals surface area contributed by atoms with Crippen LogP contribution in [0.2, 0.25) is 0 Å². The summed E-state index contributed by atoms with van der Waals surface area (Å²) < 4.78 is 0. The normalized spacial score (nSPS) is 12.4. The summed E-state index contributed by atoms with van der Waals surface area (Å²) in [6.07, 6.45) is 0.724. The third kappa shape index (κ3) is 3.91. The van der Waals surface area contributed by atoms with Gasteiger partial charge in [-0.25, -0.2) is 0 Å². The first-order valence-electron chi connectivity index (χ1n) is 8.16. The molecule has 0 amide bonds. The van der Waals surface area contributed by atoms with Gasteiger partial charge in [0, 0.05) is 23.7 Å². The molecule has 24 heavy (non-hydrogen) atoms. The Morgan fingerprint density at radius 2 is 1.92 bits per heavy atom. The first-order valence-corrected chi connectivity index (χ1v) is 8.16. The van der Waals surface area contributed by atoms with E-state index >= 15 is 0 Å². The highest BCUT2D eigenvalue weighted by Crippen LogP contribution is 2.13. The molecule has 0 fully saturated rings. The standard InChI is InChI=1S/C20H22N2O2/c1-14-7-8-16-11-17(20(24)22-19(16)9-14)12-21-18(13-23)10-15-5-3-2-4-6-15/h2-9,11,18,21,23H,10,12-13H2,1H3,(H,22,24)/t18-/m1/s1. The number of nitrogens with one attached hydrogen (secondary N) is 2. The number of hydrogen-bond acceptors (Lipinski definition) is 3. The van der Waals surface area contributed by atoms with Gasteiger partial charge in [0.15, 0.2) is 0 Å². The Morgan fingerprint density at radius 1 is 1.12 bits per heavy atom. The zero-order valence-electron chi connectivity index (χ0n) is 13.8. The van der Waals surface area contributed by atoms with Crippen molar-refractivity contribution in [3.05, 3.63) is 81.6 Å². The molecule has 0 spiro atoms. The summed E-state index contributed by atoms with van der Waals surface area (Å²) in [5.74, 6) is 0. The van der Waals surface area contributed by atoms with Gasteiger partial charge in [0.1, 0.15) is 0 Å². The second-order valence-electron chi connectivity index (χ2n) is 6.16. The average molecular weight is 322 g/mol. The number of H-pyrrole nitrogens is 1. The largest absolute Gasteiger partial charge is 0.395 e. The highest BCUT2D eigenvalue weighted by molar-refractivity contribution is 5.79. The van der Waals surface area contributed by atoms with Crippen molar-refractivity contribution in [1.29, 1.82) is 0 Å². The SMILES string of the molecule is Cc1ccc2cc(CN[C@@H](CO)Cc3ccccc3)c(=O)[nH]c2c1. The maximum atomic E-state index is 12.2. The molecule has 4 nitrogen and oxygen atoms in total. The zero-order chi connectivity index (χ0) is 16.9. The number of aromatic nitrogens is 1. The molecule has 0 aliphatic rings. The molecule has 3 rings (SSSR count). The number of benzene rings is 2. The fourth-order valence-corrected chi connectivity index (χ4v) is 2.85. The van der Waals surface area contributed by atoms with E-state index in [9.17, 15) is 9.90 Å². The summed E-state index contributed by atoms with van der Waals surface area (Å²) in [5.41, 5.74) is 3.72. The number of hydrogen-bond donors (Lipinski definition) is 3. The van der Waals surface area contributed by atoms with Gasteiger partial charge >= 0.3 is 0 Å². The predicted octanol–water partition coefficient (Wildman–Crippen LogP) is 2.53. The summed E-state index contributed by atoms with van der Waals surface area (Å²) in [7, 11) is 0. The number of pyridine rings is 1. The van der Waals surface area contributed by atoms with Crippen LogP contribution in [0.3, 0.4) is 0 Å². The number of aliphatic hydroxyl groups is 1. The molecule has 2 aromatic carbocycles. The minimum atomic E-state index is -0.0861. The molecule has 1 heterocycles. The molecule has 1 atom stereocenters. The molecule has 3 N–H and O–H groups in total. The summed E-state index contributed by atoms with van der Waals surface area (Å²) in [6.45, 7) is 2.46. The van der Waals surface area contributed by atoms with Crippen LogP contribution in [0.4, 0.5) is 0 Å². The lowest BCUT2D eigenvalue weighted by Crippen LogP contribution is -2.35. The van der Waals surface area contributed by atoms with Gasteiger partial charge in [-0.2, -0.15) is 0 Å². The molecule has 0 saturated heterocycles. The highest BCUT2D eigenvalue weighted by Gasteiger charge is 2.10. The molecule has 0 aliphatic carbocycles. The Kier molecular flexibility index (Phi) is 5.08. The summed E-state index contributed by atoms with van der Waals surface area (Å²) in [6, 6.07) is 17.9. The van der Waals surface area contributed by atoms with E-state index in [-0.39, 0.29) is 18.2 Å². The number of aryl methyl sites for hydroxylation is 1. The molecular weight excluding hydrogens is 300 g/mol. The number of aliphatic hydroxyl groups excluding tert-OH is 1. The van der Waals surface area contributed by atoms with E-state index in [0.717, 1.165) is 28.5 Å². The molecule has 0 saturated carbocycles. The molecule has 0 bridgehead atoms. The molecule has 3 aromatic rings. The van der Waals surface area contributed by atoms with Crippen LogP contribution in [-0.4, -0.2) is 22.7 Å². The quantitative estimate of drug-likeness (QED) is 0.653. The van der Waals surface area contributed by atoms with Crippen LogP contribution < -0.4 is 10.9 Å². The zero-order valence-corrected chi connectivity index (χ0v) is 13.8. The topological polar surface area (TPSA) is 65.1 Å². The van der Waals surface area contributed by atoms with Crippen molar-refractivity contribution in [2.24, 2.45) is 0 Å². The molecule has 1 aromatic heterocycles. The Balaban J connectivity index is 1.73. The third-order valence-electron chi connectivity index (χ3n) is 4.20. The van der Waals surface area contributed by atoms with E-state index in [0.29, 0.717) is 12.1 Å². The lowest BCUT2D eigenvalue weighted by atomic mass is 10.1. The van der Waals surface area contributed by atoms with E-state index in [1.807, 2.05) is 61.5 Å². The van der Waals surface area contributed by atoms with E-state index in [1.165, 1.54) is 0 Å². The monoisotopic (exact) mass is 322 g/mol. The van der Waals surface area contributed by atoms with Gasteiger partial charge in [-0.1, -0.05) is 42.5 Å². The van der Waals surface area contributed by atoms with Crippen LogP contribution in [0.15, 0.2) is 59.4 Å². The van der Waals surface area contributed by atoms with Gasteiger partial charge < -0.3 is 15.4 Å². The van der Waals surface area contributed by atoms with Crippen molar-refractivity contribution in [3.8, 4) is 0 Å². The average Bonchev–Trinajstić information content (AvgIpc) is 2.59. The van der Waals surface area contributed by atoms with Crippen molar-refractivity contribution in [1.82, 2.24) is 10.3 Å². The Hall–Kier alpha value is -2.43. The summed E-state index contributed by atoms with van der Waals surface area (Å²) in [4.78, 5) is 15.2. The van der Waals surface area contributed by atoms with E-state index in [1.54, 1.807) is 0 Å². The van der Waals surface area contributed by atoms with Crippen LogP contribution in [0.1, 0.15) is 16.7 Å². The van der Waals surface area contributed by atoms with Gasteiger partial charge in [0.25, 0.3) is 5.56 Å². The van der Waals surface area contributed by atoms with Gasteiger partial charge in [-0.05, 0) is 42.0 Å². The third-order valence-corrected chi connectivity index (χ3v) is 4.20. The van der Waals surface area contributed by atoms with Gasteiger partial charge in [0.2, 0.25) is 0 Å². The Bertz CT molecular complexity index is 872. The Morgan fingerprint density at radius 3 is 2.67 bits per heavy atom. The molecule has 0 radical (unpaired) electrons. The predicted molar refractivity (Wildman–Crippen MR) is 97.2 cm³/mol.